The molecule has 0 spiro atoms. The van der Waals surface area contributed by atoms with Crippen LogP contribution < -0.4 is 5.32 Å². The van der Waals surface area contributed by atoms with Gasteiger partial charge in [0.2, 0.25) is 0 Å². The van der Waals surface area contributed by atoms with Gasteiger partial charge in [-0.3, -0.25) is 4.90 Å². The zero-order chi connectivity index (χ0) is 16.9. The summed E-state index contributed by atoms with van der Waals surface area (Å²) >= 11 is 0. The van der Waals surface area contributed by atoms with Gasteiger partial charge in [0.1, 0.15) is 5.37 Å². The number of sulfone groups is 1. The number of hydrogen-bond acceptors (Lipinski definition) is 4. The molecular formula is C18H30N2O2S. The molecule has 0 aromatic heterocycles. The van der Waals surface area contributed by atoms with Gasteiger partial charge in [-0.15, -0.1) is 0 Å². The van der Waals surface area contributed by atoms with Gasteiger partial charge in [0.05, 0.1) is 4.90 Å². The molecule has 1 aliphatic rings. The molecule has 0 saturated carbocycles. The quantitative estimate of drug-likeness (QED) is 0.830. The summed E-state index contributed by atoms with van der Waals surface area (Å²) in [6, 6.07) is 9.29. The number of rotatable bonds is 7. The molecule has 4 nitrogen and oxygen atoms in total. The van der Waals surface area contributed by atoms with E-state index in [1.807, 2.05) is 13.1 Å². The SMILES string of the molecule is CNC1CCCN(C(CCC(C)C)S(=O)(=O)c2ccccc2)C1. The van der Waals surface area contributed by atoms with Crippen molar-refractivity contribution in [1.29, 1.82) is 0 Å². The Balaban J connectivity index is 2.26. The molecule has 0 aliphatic carbocycles. The van der Waals surface area contributed by atoms with Gasteiger partial charge in [-0.25, -0.2) is 8.42 Å². The molecule has 130 valence electrons. The van der Waals surface area contributed by atoms with Crippen LogP contribution >= 0.6 is 0 Å². The molecule has 1 saturated heterocycles. The van der Waals surface area contributed by atoms with Gasteiger partial charge >= 0.3 is 0 Å². The average molecular weight is 339 g/mol. The molecule has 1 N–H and O–H groups in total. The van der Waals surface area contributed by atoms with E-state index in [9.17, 15) is 8.42 Å². The third kappa shape index (κ3) is 4.78. The number of benzene rings is 1. The van der Waals surface area contributed by atoms with E-state index >= 15 is 0 Å². The fourth-order valence-electron chi connectivity index (χ4n) is 3.28. The van der Waals surface area contributed by atoms with Gasteiger partial charge < -0.3 is 5.32 Å². The largest absolute Gasteiger partial charge is 0.316 e. The highest BCUT2D eigenvalue weighted by molar-refractivity contribution is 7.92. The van der Waals surface area contributed by atoms with Gasteiger partial charge in [0.25, 0.3) is 0 Å². The summed E-state index contributed by atoms with van der Waals surface area (Å²) in [5, 5.41) is 2.89. The van der Waals surface area contributed by atoms with E-state index in [0.29, 0.717) is 23.3 Å². The van der Waals surface area contributed by atoms with Crippen LogP contribution in [0, 0.1) is 5.92 Å². The van der Waals surface area contributed by atoms with E-state index < -0.39 is 15.2 Å². The maximum Gasteiger partial charge on any atom is 0.194 e. The summed E-state index contributed by atoms with van der Waals surface area (Å²) in [5.41, 5.74) is 0. The van der Waals surface area contributed by atoms with E-state index in [1.54, 1.807) is 24.3 Å². The van der Waals surface area contributed by atoms with Crippen molar-refractivity contribution in [1.82, 2.24) is 10.2 Å². The second kappa shape index (κ2) is 8.27. The Kier molecular flexibility index (Phi) is 6.62. The van der Waals surface area contributed by atoms with Crippen molar-refractivity contribution in [2.75, 3.05) is 20.1 Å². The average Bonchev–Trinajstić information content (AvgIpc) is 2.55. The van der Waals surface area contributed by atoms with Gasteiger partial charge in [-0.2, -0.15) is 0 Å². The summed E-state index contributed by atoms with van der Waals surface area (Å²) in [6.45, 7) is 5.98. The number of likely N-dealkylation sites (tertiary alicyclic amines) is 1. The smallest absolute Gasteiger partial charge is 0.194 e. The van der Waals surface area contributed by atoms with E-state index in [-0.39, 0.29) is 0 Å². The molecule has 2 atom stereocenters. The molecule has 0 radical (unpaired) electrons. The normalized spacial score (nSPS) is 21.5. The maximum absolute atomic E-state index is 13.2. The molecule has 0 amide bonds. The van der Waals surface area contributed by atoms with E-state index in [4.69, 9.17) is 0 Å². The molecule has 1 aromatic carbocycles. The Morgan fingerprint density at radius 1 is 1.22 bits per heavy atom. The second-order valence-electron chi connectivity index (χ2n) is 6.91. The number of hydrogen-bond donors (Lipinski definition) is 1. The zero-order valence-electron chi connectivity index (χ0n) is 14.5. The van der Waals surface area contributed by atoms with Crippen LogP contribution in [0.25, 0.3) is 0 Å². The highest BCUT2D eigenvalue weighted by Gasteiger charge is 2.35. The molecule has 5 heteroatoms. The van der Waals surface area contributed by atoms with Crippen molar-refractivity contribution < 1.29 is 8.42 Å². The van der Waals surface area contributed by atoms with Crippen molar-refractivity contribution in [3.8, 4) is 0 Å². The molecule has 1 aromatic rings. The van der Waals surface area contributed by atoms with E-state index in [0.717, 1.165) is 32.4 Å². The molecule has 23 heavy (non-hydrogen) atoms. The first-order chi connectivity index (χ1) is 10.9. The van der Waals surface area contributed by atoms with Crippen LogP contribution in [0.5, 0.6) is 0 Å². The second-order valence-corrected chi connectivity index (χ2v) is 9.01. The lowest BCUT2D eigenvalue weighted by Crippen LogP contribution is -2.51. The summed E-state index contributed by atoms with van der Waals surface area (Å²) in [4.78, 5) is 2.62. The van der Waals surface area contributed by atoms with Crippen LogP contribution in [0.15, 0.2) is 35.2 Å². The first kappa shape index (κ1) is 18.4. The van der Waals surface area contributed by atoms with Crippen molar-refractivity contribution in [2.45, 2.75) is 55.8 Å². The number of nitrogens with one attached hydrogen (secondary N) is 1. The first-order valence-electron chi connectivity index (χ1n) is 8.65. The minimum Gasteiger partial charge on any atom is -0.316 e. The summed E-state index contributed by atoms with van der Waals surface area (Å²) < 4.78 is 26.4. The van der Waals surface area contributed by atoms with Crippen LogP contribution in [0.3, 0.4) is 0 Å². The van der Waals surface area contributed by atoms with E-state index in [1.165, 1.54) is 0 Å². The Morgan fingerprint density at radius 2 is 1.91 bits per heavy atom. The summed E-state index contributed by atoms with van der Waals surface area (Å²) in [7, 11) is -1.37. The van der Waals surface area contributed by atoms with Crippen LogP contribution in [0.4, 0.5) is 0 Å². The molecule has 1 heterocycles. The predicted octanol–water partition coefficient (Wildman–Crippen LogP) is 2.91. The molecule has 1 fully saturated rings. The van der Waals surface area contributed by atoms with E-state index in [2.05, 4.69) is 24.1 Å². The standard InChI is InChI=1S/C18H30N2O2S/c1-15(2)11-12-18(20-13-7-8-16(14-20)19-3)23(21,22)17-9-5-4-6-10-17/h4-6,9-10,15-16,18-19H,7-8,11-14H2,1-3H3. The molecule has 1 aliphatic heterocycles. The fraction of sp³-hybridized carbons (Fsp3) is 0.667. The first-order valence-corrected chi connectivity index (χ1v) is 10.2. The molecule has 2 rings (SSSR count). The van der Waals surface area contributed by atoms with Gasteiger partial charge in [-0.05, 0) is 57.3 Å². The predicted molar refractivity (Wildman–Crippen MR) is 95.1 cm³/mol. The van der Waals surface area contributed by atoms with Crippen molar-refractivity contribution >= 4 is 9.84 Å². The minimum absolute atomic E-state index is 0.385. The minimum atomic E-state index is -3.33. The molecule has 0 bridgehead atoms. The van der Waals surface area contributed by atoms with Crippen LogP contribution in [-0.4, -0.2) is 44.9 Å². The monoisotopic (exact) mass is 338 g/mol. The maximum atomic E-state index is 13.2. The Bertz CT molecular complexity index is 572. The van der Waals surface area contributed by atoms with Crippen LogP contribution in [-0.2, 0) is 9.84 Å². The van der Waals surface area contributed by atoms with Gasteiger partial charge in [-0.1, -0.05) is 32.0 Å². The fourth-order valence-corrected chi connectivity index (χ4v) is 5.16. The highest BCUT2D eigenvalue weighted by atomic mass is 32.2. The van der Waals surface area contributed by atoms with Gasteiger partial charge in [0.15, 0.2) is 9.84 Å². The summed E-state index contributed by atoms with van der Waals surface area (Å²) in [6.07, 6.45) is 3.80. The topological polar surface area (TPSA) is 49.4 Å². The number of nitrogens with zero attached hydrogens (tertiary/aromatic N) is 1. The Labute approximate surface area is 141 Å². The Hall–Kier alpha value is -0.910. The number of likely N-dealkylation sites (N-methyl/N-ethyl adjacent to an activating group) is 1. The lowest BCUT2D eigenvalue weighted by Gasteiger charge is -2.38. The third-order valence-electron chi connectivity index (χ3n) is 4.69. The lowest BCUT2D eigenvalue weighted by atomic mass is 10.0. The van der Waals surface area contributed by atoms with Gasteiger partial charge in [0, 0.05) is 12.6 Å². The summed E-state index contributed by atoms with van der Waals surface area (Å²) in [5.74, 6) is 0.508. The number of piperidine rings is 1. The van der Waals surface area contributed by atoms with Crippen molar-refractivity contribution in [3.63, 3.8) is 0 Å². The Morgan fingerprint density at radius 3 is 2.52 bits per heavy atom. The van der Waals surface area contributed by atoms with Crippen molar-refractivity contribution in [3.05, 3.63) is 30.3 Å². The third-order valence-corrected chi connectivity index (χ3v) is 6.87. The van der Waals surface area contributed by atoms with Crippen LogP contribution in [0.1, 0.15) is 39.5 Å². The van der Waals surface area contributed by atoms with Crippen LogP contribution in [0.2, 0.25) is 0 Å². The molecule has 2 unspecified atom stereocenters. The zero-order valence-corrected chi connectivity index (χ0v) is 15.3. The lowest BCUT2D eigenvalue weighted by molar-refractivity contribution is 0.167. The highest BCUT2D eigenvalue weighted by Crippen LogP contribution is 2.26. The van der Waals surface area contributed by atoms with Crippen molar-refractivity contribution in [2.24, 2.45) is 5.92 Å². The molecular weight excluding hydrogens is 308 g/mol.